The van der Waals surface area contributed by atoms with E-state index in [1.54, 1.807) is 7.05 Å². The molecule has 0 aromatic carbocycles. The van der Waals surface area contributed by atoms with Crippen molar-refractivity contribution in [3.8, 4) is 0 Å². The molecule has 0 radical (unpaired) electrons. The minimum Gasteiger partial charge on any atom is -0.370 e. The molecule has 3 N–H and O–H groups in total. The van der Waals surface area contributed by atoms with E-state index in [2.05, 4.69) is 5.32 Å². The fourth-order valence-corrected chi connectivity index (χ4v) is 1.78. The third-order valence-electron chi connectivity index (χ3n) is 2.99. The van der Waals surface area contributed by atoms with Crippen LogP contribution in [0.5, 0.6) is 0 Å². The maximum atomic E-state index is 11.7. The zero-order valence-corrected chi connectivity index (χ0v) is 11.7. The van der Waals surface area contributed by atoms with Gasteiger partial charge in [0.15, 0.2) is 0 Å². The average molecular weight is 268 g/mol. The third-order valence-corrected chi connectivity index (χ3v) is 2.99. The lowest BCUT2D eigenvalue weighted by Crippen LogP contribution is -2.44. The smallest absolute Gasteiger partial charge is 0.330 e. The van der Waals surface area contributed by atoms with Crippen LogP contribution in [0.15, 0.2) is 15.7 Å². The number of hydrogen-bond donors (Lipinski definition) is 2. The molecule has 0 aliphatic heterocycles. The normalized spacial score (nSPS) is 11.6. The molecular formula is C12H20N4O3. The molecule has 0 bridgehead atoms. The molecular weight excluding hydrogens is 248 g/mol. The van der Waals surface area contributed by atoms with Crippen LogP contribution in [0.25, 0.3) is 0 Å². The zero-order chi connectivity index (χ0) is 14.8. The summed E-state index contributed by atoms with van der Waals surface area (Å²) in [6.07, 6.45) is 0.172. The van der Waals surface area contributed by atoms with Gasteiger partial charge in [-0.2, -0.15) is 0 Å². The maximum Gasteiger partial charge on any atom is 0.330 e. The van der Waals surface area contributed by atoms with Crippen LogP contribution >= 0.6 is 0 Å². The molecule has 0 unspecified atom stereocenters. The van der Waals surface area contributed by atoms with Crippen molar-refractivity contribution in [2.24, 2.45) is 19.8 Å². The first-order valence-corrected chi connectivity index (χ1v) is 5.93. The first-order valence-electron chi connectivity index (χ1n) is 5.93. The van der Waals surface area contributed by atoms with E-state index in [0.717, 1.165) is 4.57 Å². The maximum absolute atomic E-state index is 11.7. The summed E-state index contributed by atoms with van der Waals surface area (Å²) in [5, 5.41) is 3.11. The van der Waals surface area contributed by atoms with Gasteiger partial charge in [0.05, 0.1) is 0 Å². The molecule has 0 fully saturated rings. The molecule has 1 aromatic heterocycles. The summed E-state index contributed by atoms with van der Waals surface area (Å²) in [5.74, 6) is -0.407. The lowest BCUT2D eigenvalue weighted by atomic mass is 10.0. The van der Waals surface area contributed by atoms with Crippen LogP contribution in [0.4, 0.5) is 0 Å². The van der Waals surface area contributed by atoms with E-state index in [0.29, 0.717) is 12.2 Å². The first-order chi connectivity index (χ1) is 8.64. The monoisotopic (exact) mass is 268 g/mol. The number of nitrogens with one attached hydrogen (secondary N) is 1. The van der Waals surface area contributed by atoms with E-state index < -0.39 is 11.4 Å². The van der Waals surface area contributed by atoms with Crippen molar-refractivity contribution in [2.75, 3.05) is 0 Å². The van der Waals surface area contributed by atoms with Crippen LogP contribution in [0.3, 0.4) is 0 Å². The highest BCUT2D eigenvalue weighted by molar-refractivity contribution is 5.74. The molecule has 0 saturated heterocycles. The van der Waals surface area contributed by atoms with Crippen LogP contribution in [0, 0.1) is 0 Å². The van der Waals surface area contributed by atoms with Crippen LogP contribution in [-0.4, -0.2) is 20.6 Å². The second-order valence-electron chi connectivity index (χ2n) is 5.26. The Hall–Kier alpha value is -1.89. The highest BCUT2D eigenvalue weighted by Crippen LogP contribution is 2.08. The second-order valence-corrected chi connectivity index (χ2v) is 5.26. The summed E-state index contributed by atoms with van der Waals surface area (Å²) in [4.78, 5) is 34.2. The van der Waals surface area contributed by atoms with Gasteiger partial charge in [0, 0.05) is 44.4 Å². The first kappa shape index (κ1) is 15.2. The molecule has 7 heteroatoms. The number of hydrogen-bond acceptors (Lipinski definition) is 4. The average Bonchev–Trinajstić information content (AvgIpc) is 2.28. The fourth-order valence-electron chi connectivity index (χ4n) is 1.78. The standard InChI is InChI=1S/C12H20N4O3/c1-12(2,6-9(13)17)14-7-8-5-10(18)16(4)11(19)15(8)3/h5,14H,6-7H2,1-4H3,(H2,13,17). The predicted octanol–water partition coefficient (Wildman–Crippen LogP) is -1.17. The Labute approximate surface area is 111 Å². The van der Waals surface area contributed by atoms with Crippen molar-refractivity contribution in [3.63, 3.8) is 0 Å². The van der Waals surface area contributed by atoms with Crippen molar-refractivity contribution < 1.29 is 4.79 Å². The molecule has 106 valence electrons. The number of rotatable bonds is 5. The number of nitrogens with zero attached hydrogens (tertiary/aromatic N) is 2. The van der Waals surface area contributed by atoms with Gasteiger partial charge >= 0.3 is 5.69 Å². The van der Waals surface area contributed by atoms with Gasteiger partial charge < -0.3 is 11.1 Å². The van der Waals surface area contributed by atoms with Gasteiger partial charge in [-0.15, -0.1) is 0 Å². The summed E-state index contributed by atoms with van der Waals surface area (Å²) in [7, 11) is 3.03. The van der Waals surface area contributed by atoms with E-state index in [1.165, 1.54) is 17.7 Å². The lowest BCUT2D eigenvalue weighted by Gasteiger charge is -2.25. The van der Waals surface area contributed by atoms with E-state index in [9.17, 15) is 14.4 Å². The van der Waals surface area contributed by atoms with Crippen molar-refractivity contribution >= 4 is 5.91 Å². The largest absolute Gasteiger partial charge is 0.370 e. The Kier molecular flexibility index (Phi) is 4.31. The highest BCUT2D eigenvalue weighted by atomic mass is 16.2. The summed E-state index contributed by atoms with van der Waals surface area (Å²) in [6.45, 7) is 3.97. The van der Waals surface area contributed by atoms with Gasteiger partial charge in [0.2, 0.25) is 5.91 Å². The summed E-state index contributed by atoms with van der Waals surface area (Å²) >= 11 is 0. The van der Waals surface area contributed by atoms with E-state index in [4.69, 9.17) is 5.73 Å². The molecule has 1 amide bonds. The highest BCUT2D eigenvalue weighted by Gasteiger charge is 2.20. The molecule has 0 atom stereocenters. The molecule has 0 saturated carbocycles. The lowest BCUT2D eigenvalue weighted by molar-refractivity contribution is -0.119. The number of aromatic nitrogens is 2. The molecule has 0 aliphatic rings. The fraction of sp³-hybridized carbons (Fsp3) is 0.583. The molecule has 0 spiro atoms. The number of carbonyl (C=O) groups excluding carboxylic acids is 1. The Morgan fingerprint density at radius 3 is 2.42 bits per heavy atom. The van der Waals surface area contributed by atoms with Crippen LogP contribution < -0.4 is 22.3 Å². The molecule has 1 rings (SSSR count). The number of nitrogens with two attached hydrogens (primary N) is 1. The van der Waals surface area contributed by atoms with E-state index in [1.807, 2.05) is 13.8 Å². The third kappa shape index (κ3) is 3.78. The summed E-state index contributed by atoms with van der Waals surface area (Å²) in [6, 6.07) is 1.40. The summed E-state index contributed by atoms with van der Waals surface area (Å²) < 4.78 is 2.44. The van der Waals surface area contributed by atoms with E-state index in [-0.39, 0.29) is 17.7 Å². The second kappa shape index (κ2) is 5.40. The minimum absolute atomic E-state index is 0.172. The van der Waals surface area contributed by atoms with Crippen LogP contribution in [0.1, 0.15) is 26.0 Å². The topological polar surface area (TPSA) is 99.1 Å². The SMILES string of the molecule is Cn1c(CNC(C)(C)CC(N)=O)cc(=O)n(C)c1=O. The number of carbonyl (C=O) groups is 1. The molecule has 1 heterocycles. The van der Waals surface area contributed by atoms with Gasteiger partial charge in [-0.3, -0.25) is 18.7 Å². The van der Waals surface area contributed by atoms with Crippen molar-refractivity contribution in [1.82, 2.24) is 14.5 Å². The van der Waals surface area contributed by atoms with Crippen LogP contribution in [0.2, 0.25) is 0 Å². The van der Waals surface area contributed by atoms with Gasteiger partial charge in [0.25, 0.3) is 5.56 Å². The van der Waals surface area contributed by atoms with Gasteiger partial charge in [-0.1, -0.05) is 0 Å². The van der Waals surface area contributed by atoms with Gasteiger partial charge in [-0.25, -0.2) is 4.79 Å². The quantitative estimate of drug-likeness (QED) is 0.702. The Bertz CT molecular complexity index is 598. The molecule has 19 heavy (non-hydrogen) atoms. The number of primary amides is 1. The minimum atomic E-state index is -0.497. The molecule has 0 aliphatic carbocycles. The molecule has 1 aromatic rings. The Morgan fingerprint density at radius 1 is 1.32 bits per heavy atom. The van der Waals surface area contributed by atoms with Gasteiger partial charge in [-0.05, 0) is 13.8 Å². The molecule has 7 nitrogen and oxygen atoms in total. The summed E-state index contributed by atoms with van der Waals surface area (Å²) in [5.41, 5.74) is 4.49. The van der Waals surface area contributed by atoms with Gasteiger partial charge in [0.1, 0.15) is 0 Å². The van der Waals surface area contributed by atoms with Crippen molar-refractivity contribution in [3.05, 3.63) is 32.6 Å². The number of amides is 1. The van der Waals surface area contributed by atoms with Crippen LogP contribution in [-0.2, 0) is 25.4 Å². The van der Waals surface area contributed by atoms with Crippen molar-refractivity contribution in [1.29, 1.82) is 0 Å². The zero-order valence-electron chi connectivity index (χ0n) is 11.7. The Balaban J connectivity index is 2.94. The van der Waals surface area contributed by atoms with E-state index >= 15 is 0 Å². The predicted molar refractivity (Wildman–Crippen MR) is 71.7 cm³/mol. The Morgan fingerprint density at radius 2 is 1.89 bits per heavy atom. The van der Waals surface area contributed by atoms with Crippen molar-refractivity contribution in [2.45, 2.75) is 32.4 Å².